The fourth-order valence-electron chi connectivity index (χ4n) is 0.932. The lowest BCUT2D eigenvalue weighted by molar-refractivity contribution is 0.0956. The van der Waals surface area contributed by atoms with E-state index in [9.17, 15) is 13.2 Å². The first-order valence-corrected chi connectivity index (χ1v) is 7.70. The molecule has 90 valence electrons. The predicted molar refractivity (Wildman–Crippen MR) is 67.2 cm³/mol. The summed E-state index contributed by atoms with van der Waals surface area (Å²) in [6.07, 6.45) is 0. The second-order valence-electron chi connectivity index (χ2n) is 2.92. The van der Waals surface area contributed by atoms with E-state index in [1.165, 1.54) is 18.4 Å². The number of sulfonamides is 1. The van der Waals surface area contributed by atoms with Crippen molar-refractivity contribution >= 4 is 43.2 Å². The van der Waals surface area contributed by atoms with Gasteiger partial charge in [-0.1, -0.05) is 0 Å². The largest absolute Gasteiger partial charge is 0.351 e. The maximum absolute atomic E-state index is 11.5. The van der Waals surface area contributed by atoms with Crippen molar-refractivity contribution in [2.75, 3.05) is 19.3 Å². The Labute approximate surface area is 106 Å². The molecule has 5 nitrogen and oxygen atoms in total. The van der Waals surface area contributed by atoms with Gasteiger partial charge in [0.1, 0.15) is 0 Å². The first-order valence-electron chi connectivity index (χ1n) is 4.38. The summed E-state index contributed by atoms with van der Waals surface area (Å²) < 4.78 is 25.1. The van der Waals surface area contributed by atoms with Crippen LogP contribution >= 0.6 is 27.3 Å². The summed E-state index contributed by atoms with van der Waals surface area (Å²) in [6.45, 7) is 0.0927. The zero-order chi connectivity index (χ0) is 12.2. The number of hydrogen-bond acceptors (Lipinski definition) is 4. The molecule has 0 aliphatic carbocycles. The van der Waals surface area contributed by atoms with Crippen LogP contribution in [0.2, 0.25) is 0 Å². The Bertz CT molecular complexity index is 469. The first-order chi connectivity index (χ1) is 7.44. The molecule has 1 aromatic rings. The maximum atomic E-state index is 11.5. The quantitative estimate of drug-likeness (QED) is 0.840. The van der Waals surface area contributed by atoms with E-state index in [1.54, 1.807) is 11.4 Å². The normalized spacial score (nSPS) is 11.4. The summed E-state index contributed by atoms with van der Waals surface area (Å²) in [6, 6.07) is 1.69. The van der Waals surface area contributed by atoms with Gasteiger partial charge in [-0.05, 0) is 29.0 Å². The summed E-state index contributed by atoms with van der Waals surface area (Å²) in [5, 5.41) is 4.23. The van der Waals surface area contributed by atoms with Crippen LogP contribution in [0.25, 0.3) is 0 Å². The minimum Gasteiger partial charge on any atom is -0.351 e. The third kappa shape index (κ3) is 4.20. The molecule has 2 N–H and O–H groups in total. The van der Waals surface area contributed by atoms with Crippen molar-refractivity contribution in [1.29, 1.82) is 0 Å². The number of amides is 1. The highest BCUT2D eigenvalue weighted by atomic mass is 79.9. The highest BCUT2D eigenvalue weighted by Gasteiger charge is 2.10. The molecule has 0 spiro atoms. The van der Waals surface area contributed by atoms with E-state index < -0.39 is 10.0 Å². The van der Waals surface area contributed by atoms with E-state index in [-0.39, 0.29) is 18.2 Å². The molecule has 1 rings (SSSR count). The van der Waals surface area contributed by atoms with Gasteiger partial charge in [0.15, 0.2) is 0 Å². The lowest BCUT2D eigenvalue weighted by atomic mass is 10.3. The van der Waals surface area contributed by atoms with E-state index in [2.05, 4.69) is 26.0 Å². The van der Waals surface area contributed by atoms with Crippen LogP contribution in [0.5, 0.6) is 0 Å². The van der Waals surface area contributed by atoms with Gasteiger partial charge in [-0.25, -0.2) is 13.1 Å². The Morgan fingerprint density at radius 3 is 2.75 bits per heavy atom. The molecule has 0 aromatic carbocycles. The van der Waals surface area contributed by atoms with Gasteiger partial charge in [0.25, 0.3) is 5.91 Å². The van der Waals surface area contributed by atoms with Crippen LogP contribution in [-0.4, -0.2) is 33.7 Å². The average Bonchev–Trinajstić information content (AvgIpc) is 2.64. The summed E-state index contributed by atoms with van der Waals surface area (Å²) >= 11 is 4.65. The van der Waals surface area contributed by atoms with Crippen molar-refractivity contribution in [3.63, 3.8) is 0 Å². The highest BCUT2D eigenvalue weighted by Crippen LogP contribution is 2.20. The van der Waals surface area contributed by atoms with Crippen LogP contribution in [0.4, 0.5) is 0 Å². The van der Waals surface area contributed by atoms with Crippen LogP contribution in [0.15, 0.2) is 15.2 Å². The number of nitrogens with one attached hydrogen (secondary N) is 2. The van der Waals surface area contributed by atoms with Gasteiger partial charge in [0.2, 0.25) is 10.0 Å². The van der Waals surface area contributed by atoms with E-state index in [0.717, 1.165) is 3.79 Å². The van der Waals surface area contributed by atoms with Crippen LogP contribution in [0, 0.1) is 0 Å². The molecule has 16 heavy (non-hydrogen) atoms. The lowest BCUT2D eigenvalue weighted by Crippen LogP contribution is -2.32. The molecule has 0 aliphatic heterocycles. The SMILES string of the molecule is CNS(=O)(=O)CCNC(=O)c1csc(Br)c1. The third-order valence-electron chi connectivity index (χ3n) is 1.80. The molecule has 0 unspecified atom stereocenters. The average molecular weight is 327 g/mol. The molecule has 0 radical (unpaired) electrons. The minimum absolute atomic E-state index is 0.0927. The highest BCUT2D eigenvalue weighted by molar-refractivity contribution is 9.11. The Kier molecular flexibility index (Phi) is 4.90. The van der Waals surface area contributed by atoms with E-state index in [0.29, 0.717) is 5.56 Å². The number of carbonyl (C=O) groups excluding carboxylic acids is 1. The van der Waals surface area contributed by atoms with Crippen LogP contribution < -0.4 is 10.0 Å². The molecule has 0 atom stereocenters. The van der Waals surface area contributed by atoms with Crippen molar-refractivity contribution in [1.82, 2.24) is 10.0 Å². The Morgan fingerprint density at radius 1 is 1.56 bits per heavy atom. The van der Waals surface area contributed by atoms with E-state index in [1.807, 2.05) is 0 Å². The van der Waals surface area contributed by atoms with Crippen LogP contribution in [0.3, 0.4) is 0 Å². The molecule has 0 saturated carbocycles. The summed E-state index contributed by atoms with van der Waals surface area (Å²) in [5.74, 6) is -0.395. The van der Waals surface area contributed by atoms with Crippen molar-refractivity contribution < 1.29 is 13.2 Å². The third-order valence-corrected chi connectivity index (χ3v) is 4.67. The summed E-state index contributed by atoms with van der Waals surface area (Å²) in [4.78, 5) is 11.5. The Hall–Kier alpha value is -0.440. The molecule has 0 saturated heterocycles. The number of hydrogen-bond donors (Lipinski definition) is 2. The van der Waals surface area contributed by atoms with Gasteiger partial charge in [-0.3, -0.25) is 4.79 Å². The molecule has 0 aliphatic rings. The first kappa shape index (κ1) is 13.6. The maximum Gasteiger partial charge on any atom is 0.252 e. The molecule has 0 fully saturated rings. The van der Waals surface area contributed by atoms with Crippen molar-refractivity contribution in [3.05, 3.63) is 20.8 Å². The molecule has 8 heteroatoms. The zero-order valence-electron chi connectivity index (χ0n) is 8.49. The zero-order valence-corrected chi connectivity index (χ0v) is 11.7. The van der Waals surface area contributed by atoms with Crippen LogP contribution in [0.1, 0.15) is 10.4 Å². The number of thiophene rings is 1. The minimum atomic E-state index is -3.26. The second-order valence-corrected chi connectivity index (χ2v) is 7.25. The monoisotopic (exact) mass is 326 g/mol. The molecule has 0 bridgehead atoms. The van der Waals surface area contributed by atoms with E-state index >= 15 is 0 Å². The predicted octanol–water partition coefficient (Wildman–Crippen LogP) is 0.790. The van der Waals surface area contributed by atoms with Gasteiger partial charge >= 0.3 is 0 Å². The number of carbonyl (C=O) groups is 1. The van der Waals surface area contributed by atoms with Crippen molar-refractivity contribution in [3.8, 4) is 0 Å². The molecule has 1 aromatic heterocycles. The van der Waals surface area contributed by atoms with E-state index in [4.69, 9.17) is 0 Å². The van der Waals surface area contributed by atoms with Gasteiger partial charge in [-0.2, -0.15) is 0 Å². The lowest BCUT2D eigenvalue weighted by Gasteiger charge is -2.03. The Balaban J connectivity index is 2.43. The molecule has 1 amide bonds. The number of rotatable bonds is 5. The number of halogens is 1. The van der Waals surface area contributed by atoms with Crippen molar-refractivity contribution in [2.45, 2.75) is 0 Å². The topological polar surface area (TPSA) is 75.3 Å². The Morgan fingerprint density at radius 2 is 2.25 bits per heavy atom. The van der Waals surface area contributed by atoms with Gasteiger partial charge < -0.3 is 5.32 Å². The fourth-order valence-corrected chi connectivity index (χ4v) is 2.64. The summed E-state index contributed by atoms with van der Waals surface area (Å²) in [7, 11) is -1.92. The van der Waals surface area contributed by atoms with Crippen molar-refractivity contribution in [2.24, 2.45) is 0 Å². The molecule has 1 heterocycles. The smallest absolute Gasteiger partial charge is 0.252 e. The molecular formula is C8H11BrN2O3S2. The van der Waals surface area contributed by atoms with Gasteiger partial charge in [-0.15, -0.1) is 11.3 Å². The molecular weight excluding hydrogens is 316 g/mol. The fraction of sp³-hybridized carbons (Fsp3) is 0.375. The van der Waals surface area contributed by atoms with Crippen LogP contribution in [-0.2, 0) is 10.0 Å². The second kappa shape index (κ2) is 5.76. The van der Waals surface area contributed by atoms with Gasteiger partial charge in [0.05, 0.1) is 15.1 Å². The van der Waals surface area contributed by atoms with Gasteiger partial charge in [0, 0.05) is 11.9 Å². The standard InChI is InChI=1S/C8H11BrN2O3S2/c1-10-16(13,14)3-2-11-8(12)6-4-7(9)15-5-6/h4-5,10H,2-3H2,1H3,(H,11,12). The summed E-state index contributed by atoms with van der Waals surface area (Å²) in [5.41, 5.74) is 0.527.